The first-order valence-electron chi connectivity index (χ1n) is 6.65. The van der Waals surface area contributed by atoms with Gasteiger partial charge in [-0.2, -0.15) is 0 Å². The average Bonchev–Trinajstić information content (AvgIpc) is 2.70. The van der Waals surface area contributed by atoms with Crippen LogP contribution in [0, 0.1) is 0 Å². The Morgan fingerprint density at radius 3 is 2.43 bits per heavy atom. The number of carboxylic acids is 1. The summed E-state index contributed by atoms with van der Waals surface area (Å²) < 4.78 is 58.5. The number of aliphatic hydroxyl groups excluding tert-OH is 1. The summed E-state index contributed by atoms with van der Waals surface area (Å²) in [6.45, 7) is 0.00947. The highest BCUT2D eigenvalue weighted by molar-refractivity contribution is 5.76. The van der Waals surface area contributed by atoms with E-state index in [1.54, 1.807) is 0 Å². The van der Waals surface area contributed by atoms with Gasteiger partial charge in [0.05, 0.1) is 6.61 Å². The van der Waals surface area contributed by atoms with E-state index in [-0.39, 0.29) is 0 Å². The fourth-order valence-electron chi connectivity index (χ4n) is 2.47. The Balaban J connectivity index is 2.35. The van der Waals surface area contributed by atoms with Crippen LogP contribution in [-0.4, -0.2) is 76.7 Å². The van der Waals surface area contributed by atoms with Crippen LogP contribution < -0.4 is 0 Å². The van der Waals surface area contributed by atoms with E-state index in [9.17, 15) is 28.2 Å². The largest absolute Gasteiger partial charge is 0.477 e. The van der Waals surface area contributed by atoms with E-state index in [4.69, 9.17) is 19.3 Å². The number of carbonyl (C=O) groups is 1. The predicted molar refractivity (Wildman–Crippen MR) is 64.2 cm³/mol. The van der Waals surface area contributed by atoms with Gasteiger partial charge in [0.15, 0.2) is 11.9 Å². The van der Waals surface area contributed by atoms with Crippen molar-refractivity contribution in [2.24, 2.45) is 0 Å². The van der Waals surface area contributed by atoms with E-state index in [1.807, 2.05) is 0 Å². The summed E-state index contributed by atoms with van der Waals surface area (Å²) in [7, 11) is 0. The quantitative estimate of drug-likeness (QED) is 0.631. The first-order chi connectivity index (χ1) is 10.5. The highest BCUT2D eigenvalue weighted by Gasteiger charge is 2.65. The minimum Gasteiger partial charge on any atom is -0.477 e. The van der Waals surface area contributed by atoms with Crippen LogP contribution in [0.2, 0.25) is 0 Å². The van der Waals surface area contributed by atoms with Crippen LogP contribution in [0.15, 0.2) is 0 Å². The molecule has 2 aliphatic rings. The maximum Gasteiger partial charge on any atom is 0.367 e. The molecule has 0 aromatic carbocycles. The van der Waals surface area contributed by atoms with Crippen molar-refractivity contribution in [3.8, 4) is 0 Å². The number of rotatable bonds is 4. The van der Waals surface area contributed by atoms with Gasteiger partial charge in [-0.15, -0.1) is 0 Å². The van der Waals surface area contributed by atoms with Crippen LogP contribution in [0.1, 0.15) is 13.8 Å². The van der Waals surface area contributed by atoms with Gasteiger partial charge in [0.1, 0.15) is 18.9 Å². The van der Waals surface area contributed by atoms with Gasteiger partial charge >= 0.3 is 5.97 Å². The summed E-state index contributed by atoms with van der Waals surface area (Å²) in [6.07, 6.45) is -8.78. The summed E-state index contributed by atoms with van der Waals surface area (Å²) in [5, 5.41) is 29.2. The number of aliphatic carboxylic acids is 1. The Morgan fingerprint density at radius 2 is 1.96 bits per heavy atom. The minimum absolute atomic E-state index is 0.769. The molecule has 0 spiro atoms. The lowest BCUT2D eigenvalue weighted by atomic mass is 9.98. The summed E-state index contributed by atoms with van der Waals surface area (Å²) in [4.78, 5) is 11.3. The fourth-order valence-corrected chi connectivity index (χ4v) is 2.47. The van der Waals surface area contributed by atoms with Crippen LogP contribution in [-0.2, 0) is 23.7 Å². The van der Waals surface area contributed by atoms with Crippen LogP contribution >= 0.6 is 0 Å². The van der Waals surface area contributed by atoms with Gasteiger partial charge in [-0.05, 0) is 13.8 Å². The van der Waals surface area contributed by atoms with Crippen molar-refractivity contribution >= 4 is 5.97 Å². The van der Waals surface area contributed by atoms with Gasteiger partial charge in [-0.25, -0.2) is 18.0 Å². The van der Waals surface area contributed by atoms with Gasteiger partial charge in [0.2, 0.25) is 0 Å². The van der Waals surface area contributed by atoms with Crippen molar-refractivity contribution < 1.29 is 52.2 Å². The third kappa shape index (κ3) is 3.04. The summed E-state index contributed by atoms with van der Waals surface area (Å²) >= 11 is 0. The third-order valence-corrected chi connectivity index (χ3v) is 3.53. The van der Waals surface area contributed by atoms with Crippen LogP contribution in [0.25, 0.3) is 0 Å². The van der Waals surface area contributed by atoms with Crippen molar-refractivity contribution in [3.05, 3.63) is 0 Å². The molecule has 1 unspecified atom stereocenters. The molecule has 11 heteroatoms. The molecule has 5 atom stereocenters. The second-order valence-corrected chi connectivity index (χ2v) is 5.75. The third-order valence-electron chi connectivity index (χ3n) is 3.53. The van der Waals surface area contributed by atoms with Crippen molar-refractivity contribution in [1.29, 1.82) is 0 Å². The van der Waals surface area contributed by atoms with Gasteiger partial charge in [0, 0.05) is 0 Å². The van der Waals surface area contributed by atoms with Crippen LogP contribution in [0.5, 0.6) is 0 Å². The van der Waals surface area contributed by atoms with Crippen molar-refractivity contribution in [2.75, 3.05) is 13.3 Å². The second kappa shape index (κ2) is 5.83. The lowest BCUT2D eigenvalue weighted by Gasteiger charge is -2.43. The van der Waals surface area contributed by atoms with Crippen LogP contribution in [0.3, 0.4) is 0 Å². The fraction of sp³-hybridized carbons (Fsp3) is 0.917. The molecule has 3 N–H and O–H groups in total. The van der Waals surface area contributed by atoms with E-state index >= 15 is 0 Å². The smallest absolute Gasteiger partial charge is 0.367 e. The Kier molecular flexibility index (Phi) is 4.65. The molecule has 2 saturated heterocycles. The predicted octanol–water partition coefficient (Wildman–Crippen LogP) is -0.382. The molecule has 2 aliphatic heterocycles. The zero-order valence-electron chi connectivity index (χ0n) is 12.2. The molecule has 0 saturated carbocycles. The zero-order valence-corrected chi connectivity index (χ0v) is 12.2. The summed E-state index contributed by atoms with van der Waals surface area (Å²) in [5.74, 6) is -9.45. The highest BCUT2D eigenvalue weighted by Crippen LogP contribution is 2.41. The normalized spacial score (nSPS) is 43.7. The SMILES string of the molecule is CC1(C)O[C@@H]([C@@H]2OC(CF)(C(F)F)OC[C@@H]2O)[C@@](O)(C(=O)O)O1. The molecule has 0 radical (unpaired) electrons. The maximum absolute atomic E-state index is 13.0. The van der Waals surface area contributed by atoms with Crippen molar-refractivity contribution in [1.82, 2.24) is 0 Å². The molecule has 134 valence electrons. The number of halogens is 3. The van der Waals surface area contributed by atoms with E-state index in [1.165, 1.54) is 13.8 Å². The minimum atomic E-state index is -3.42. The number of aliphatic hydroxyl groups is 2. The van der Waals surface area contributed by atoms with E-state index in [0.29, 0.717) is 0 Å². The molecule has 0 aliphatic carbocycles. The number of carboxylic acid groups (broad SMARTS) is 1. The molecule has 2 fully saturated rings. The molecular weight excluding hydrogens is 329 g/mol. The number of alkyl halides is 3. The molecule has 2 rings (SSSR count). The second-order valence-electron chi connectivity index (χ2n) is 5.75. The monoisotopic (exact) mass is 346 g/mol. The van der Waals surface area contributed by atoms with Crippen molar-refractivity contribution in [2.45, 2.75) is 55.9 Å². The Morgan fingerprint density at radius 1 is 1.35 bits per heavy atom. The molecule has 0 aromatic rings. The summed E-state index contributed by atoms with van der Waals surface area (Å²) in [5.41, 5.74) is 0. The Labute approximate surface area is 128 Å². The molecule has 2 heterocycles. The van der Waals surface area contributed by atoms with Gasteiger partial charge < -0.3 is 34.3 Å². The lowest BCUT2D eigenvalue weighted by Crippen LogP contribution is -2.64. The molecule has 0 bridgehead atoms. The topological polar surface area (TPSA) is 115 Å². The standard InChI is InChI=1S/C12H17F3O8/c1-10(2)22-7(12(19,23-10)9(17)18)6-5(16)3-20-11(4-13,21-6)8(14)15/h5-8,16,19H,3-4H2,1-2H3,(H,17,18)/t5-,6+,7-,11?,12-/m0/s1. The Bertz CT molecular complexity index is 475. The molecular formula is C12H17F3O8. The molecule has 0 aromatic heterocycles. The molecule has 23 heavy (non-hydrogen) atoms. The zero-order chi connectivity index (χ0) is 17.6. The maximum atomic E-state index is 13.0. The molecule has 0 amide bonds. The summed E-state index contributed by atoms with van der Waals surface area (Å²) in [6, 6.07) is 0. The van der Waals surface area contributed by atoms with Gasteiger partial charge in [-0.3, -0.25) is 0 Å². The number of hydrogen-bond donors (Lipinski definition) is 3. The first-order valence-corrected chi connectivity index (χ1v) is 6.65. The average molecular weight is 346 g/mol. The van der Waals surface area contributed by atoms with Gasteiger partial charge in [-0.1, -0.05) is 0 Å². The van der Waals surface area contributed by atoms with Crippen molar-refractivity contribution in [3.63, 3.8) is 0 Å². The van der Waals surface area contributed by atoms with E-state index in [0.717, 1.165) is 0 Å². The lowest BCUT2D eigenvalue weighted by molar-refractivity contribution is -0.379. The molecule has 8 nitrogen and oxygen atoms in total. The van der Waals surface area contributed by atoms with E-state index in [2.05, 4.69) is 4.74 Å². The highest BCUT2D eigenvalue weighted by atomic mass is 19.3. The van der Waals surface area contributed by atoms with E-state index < -0.39 is 61.3 Å². The number of hydrogen-bond acceptors (Lipinski definition) is 7. The van der Waals surface area contributed by atoms with Crippen LogP contribution in [0.4, 0.5) is 13.2 Å². The van der Waals surface area contributed by atoms with Gasteiger partial charge in [0.25, 0.3) is 18.0 Å². The first kappa shape index (κ1) is 18.4. The number of ether oxygens (including phenoxy) is 4. The Hall–Kier alpha value is -0.980.